The molecule has 0 spiro atoms. The Hall–Kier alpha value is -0.210. The fourth-order valence-corrected chi connectivity index (χ4v) is 1.93. The Labute approximate surface area is 64.8 Å². The summed E-state index contributed by atoms with van der Waals surface area (Å²) in [4.78, 5) is 0. The molecule has 0 N–H and O–H groups in total. The molecule has 2 unspecified atom stereocenters. The van der Waals surface area contributed by atoms with E-state index in [2.05, 4.69) is 0 Å². The van der Waals surface area contributed by atoms with Crippen molar-refractivity contribution in [3.8, 4) is 0 Å². The molecule has 0 saturated heterocycles. The highest BCUT2D eigenvalue weighted by Gasteiger charge is 2.82. The Morgan fingerprint density at radius 1 is 1.36 bits per heavy atom. The second-order valence-corrected chi connectivity index (χ2v) is 3.53. The van der Waals surface area contributed by atoms with Crippen LogP contribution >= 0.6 is 0 Å². The summed E-state index contributed by atoms with van der Waals surface area (Å²) in [6, 6.07) is 0. The van der Waals surface area contributed by atoms with Gasteiger partial charge in [-0.1, -0.05) is 20.8 Å². The normalized spacial score (nSPS) is 41.2. The summed E-state index contributed by atoms with van der Waals surface area (Å²) in [5, 5.41) is 0. The third kappa shape index (κ3) is 0.769. The molecular weight excluding hydrogens is 153 g/mol. The van der Waals surface area contributed by atoms with Crippen molar-refractivity contribution in [1.29, 1.82) is 0 Å². The lowest BCUT2D eigenvalue weighted by Gasteiger charge is -2.16. The zero-order chi connectivity index (χ0) is 8.86. The Bertz CT molecular complexity index is 165. The van der Waals surface area contributed by atoms with Crippen LogP contribution in [0.3, 0.4) is 0 Å². The second-order valence-electron chi connectivity index (χ2n) is 3.53. The largest absolute Gasteiger partial charge is 0.288 e. The molecular formula is C8H13F3. The van der Waals surface area contributed by atoms with Crippen LogP contribution in [0.5, 0.6) is 0 Å². The highest BCUT2D eigenvalue weighted by molar-refractivity contribution is 5.20. The Morgan fingerprint density at radius 3 is 1.73 bits per heavy atom. The number of alkyl halides is 3. The van der Waals surface area contributed by atoms with Gasteiger partial charge in [0.2, 0.25) is 0 Å². The van der Waals surface area contributed by atoms with Gasteiger partial charge in [0.25, 0.3) is 5.92 Å². The van der Waals surface area contributed by atoms with Crippen molar-refractivity contribution in [2.45, 2.75) is 39.3 Å². The van der Waals surface area contributed by atoms with Gasteiger partial charge in [-0.15, -0.1) is 0 Å². The molecule has 0 amide bonds. The van der Waals surface area contributed by atoms with E-state index in [9.17, 15) is 13.2 Å². The van der Waals surface area contributed by atoms with Crippen LogP contribution in [0, 0.1) is 11.3 Å². The predicted octanol–water partition coefficient (Wildman–Crippen LogP) is 3.03. The fraction of sp³-hybridized carbons (Fsp3) is 1.00. The van der Waals surface area contributed by atoms with Crippen molar-refractivity contribution in [2.75, 3.05) is 0 Å². The highest BCUT2D eigenvalue weighted by Crippen LogP contribution is 2.68. The summed E-state index contributed by atoms with van der Waals surface area (Å²) in [5.41, 5.74) is -1.35. The molecule has 1 saturated carbocycles. The van der Waals surface area contributed by atoms with Crippen LogP contribution < -0.4 is 0 Å². The van der Waals surface area contributed by atoms with Gasteiger partial charge in [-0.3, -0.25) is 0 Å². The van der Waals surface area contributed by atoms with E-state index in [1.807, 2.05) is 0 Å². The summed E-state index contributed by atoms with van der Waals surface area (Å²) < 4.78 is 38.2. The lowest BCUT2D eigenvalue weighted by atomic mass is 9.89. The zero-order valence-electron chi connectivity index (χ0n) is 7.00. The molecule has 0 heterocycles. The molecule has 1 fully saturated rings. The van der Waals surface area contributed by atoms with E-state index in [0.717, 1.165) is 0 Å². The van der Waals surface area contributed by atoms with Gasteiger partial charge in [0.1, 0.15) is 0 Å². The smallest absolute Gasteiger partial charge is 0.240 e. The van der Waals surface area contributed by atoms with Crippen molar-refractivity contribution in [1.82, 2.24) is 0 Å². The summed E-state index contributed by atoms with van der Waals surface area (Å²) in [6.45, 7) is 4.92. The van der Waals surface area contributed by atoms with E-state index < -0.39 is 17.5 Å². The van der Waals surface area contributed by atoms with Gasteiger partial charge in [0, 0.05) is 0 Å². The second kappa shape index (κ2) is 2.14. The average molecular weight is 166 g/mol. The van der Waals surface area contributed by atoms with Crippen molar-refractivity contribution in [3.63, 3.8) is 0 Å². The number of hydrogen-bond donors (Lipinski definition) is 0. The lowest BCUT2D eigenvalue weighted by Crippen LogP contribution is -2.17. The molecule has 1 rings (SSSR count). The minimum atomic E-state index is -3.07. The van der Waals surface area contributed by atoms with E-state index in [1.54, 1.807) is 20.8 Å². The summed E-state index contributed by atoms with van der Waals surface area (Å²) in [6.07, 6.45) is -1.70. The third-order valence-corrected chi connectivity index (χ3v) is 2.92. The third-order valence-electron chi connectivity index (χ3n) is 2.92. The van der Waals surface area contributed by atoms with E-state index >= 15 is 0 Å². The maximum Gasteiger partial charge on any atom is 0.288 e. The van der Waals surface area contributed by atoms with Gasteiger partial charge in [-0.25, -0.2) is 13.2 Å². The Balaban J connectivity index is 2.84. The van der Waals surface area contributed by atoms with E-state index in [0.29, 0.717) is 0 Å². The van der Waals surface area contributed by atoms with Gasteiger partial charge < -0.3 is 0 Å². The first-order valence-corrected chi connectivity index (χ1v) is 3.93. The van der Waals surface area contributed by atoms with Gasteiger partial charge in [-0.2, -0.15) is 0 Å². The topological polar surface area (TPSA) is 0 Å². The summed E-state index contributed by atoms with van der Waals surface area (Å²) in [7, 11) is 0. The molecule has 0 aromatic carbocycles. The minimum absolute atomic E-state index is 0.221. The molecule has 66 valence electrons. The predicted molar refractivity (Wildman–Crippen MR) is 37.4 cm³/mol. The lowest BCUT2D eigenvalue weighted by molar-refractivity contribution is 0.0372. The van der Waals surface area contributed by atoms with Crippen LogP contribution in [-0.4, -0.2) is 12.1 Å². The molecule has 0 bridgehead atoms. The maximum absolute atomic E-state index is 12.7. The number of hydrogen-bond acceptors (Lipinski definition) is 0. The van der Waals surface area contributed by atoms with Crippen LogP contribution in [0.4, 0.5) is 13.2 Å². The van der Waals surface area contributed by atoms with Gasteiger partial charge in [0.15, 0.2) is 6.17 Å². The molecule has 2 atom stereocenters. The SMILES string of the molecule is CCC1(C(C)C)C(F)C1(F)F. The average Bonchev–Trinajstić information content (AvgIpc) is 2.30. The van der Waals surface area contributed by atoms with Gasteiger partial charge >= 0.3 is 0 Å². The van der Waals surface area contributed by atoms with Crippen molar-refractivity contribution in [2.24, 2.45) is 11.3 Å². The minimum Gasteiger partial charge on any atom is -0.240 e. The Morgan fingerprint density at radius 2 is 1.73 bits per heavy atom. The molecule has 0 nitrogen and oxygen atoms in total. The van der Waals surface area contributed by atoms with E-state index in [-0.39, 0.29) is 12.3 Å². The first kappa shape index (κ1) is 8.88. The zero-order valence-corrected chi connectivity index (χ0v) is 7.00. The van der Waals surface area contributed by atoms with Gasteiger partial charge in [-0.05, 0) is 12.3 Å². The van der Waals surface area contributed by atoms with Crippen LogP contribution in [0.25, 0.3) is 0 Å². The molecule has 0 radical (unpaired) electrons. The Kier molecular flexibility index (Phi) is 1.73. The fourth-order valence-electron chi connectivity index (χ4n) is 1.93. The standard InChI is InChI=1S/C8H13F3/c1-4-7(5(2)3)6(9)8(7,10)11/h5-6H,4H2,1-3H3. The summed E-state index contributed by atoms with van der Waals surface area (Å²) in [5.74, 6) is -3.35. The van der Waals surface area contributed by atoms with E-state index in [4.69, 9.17) is 0 Å². The van der Waals surface area contributed by atoms with Crippen LogP contribution in [-0.2, 0) is 0 Å². The molecule has 0 aromatic heterocycles. The highest BCUT2D eigenvalue weighted by atomic mass is 19.3. The molecule has 1 aliphatic rings. The summed E-state index contributed by atoms with van der Waals surface area (Å²) >= 11 is 0. The molecule has 0 aliphatic heterocycles. The van der Waals surface area contributed by atoms with Crippen molar-refractivity contribution < 1.29 is 13.2 Å². The van der Waals surface area contributed by atoms with Gasteiger partial charge in [0.05, 0.1) is 5.41 Å². The molecule has 0 aromatic rings. The number of halogens is 3. The first-order chi connectivity index (χ1) is 4.91. The van der Waals surface area contributed by atoms with Crippen molar-refractivity contribution in [3.05, 3.63) is 0 Å². The first-order valence-electron chi connectivity index (χ1n) is 3.93. The van der Waals surface area contributed by atoms with Crippen LogP contribution in [0.2, 0.25) is 0 Å². The van der Waals surface area contributed by atoms with Crippen molar-refractivity contribution >= 4 is 0 Å². The van der Waals surface area contributed by atoms with E-state index in [1.165, 1.54) is 0 Å². The molecule has 1 aliphatic carbocycles. The van der Waals surface area contributed by atoms with Crippen LogP contribution in [0.1, 0.15) is 27.2 Å². The number of rotatable bonds is 2. The van der Waals surface area contributed by atoms with Crippen LogP contribution in [0.15, 0.2) is 0 Å². The molecule has 11 heavy (non-hydrogen) atoms. The monoisotopic (exact) mass is 166 g/mol. The maximum atomic E-state index is 12.7. The molecule has 3 heteroatoms. The quantitative estimate of drug-likeness (QED) is 0.591.